The maximum Gasteiger partial charge on any atom is 0.311 e. The molecule has 1 spiro atoms. The molecule has 2 fully saturated rings. The first-order valence-corrected chi connectivity index (χ1v) is 11.7. The first kappa shape index (κ1) is 22.7. The molecule has 0 amide bonds. The van der Waals surface area contributed by atoms with Gasteiger partial charge in [-0.3, -0.25) is 10.1 Å². The maximum absolute atomic E-state index is 13.5. The maximum atomic E-state index is 13.5. The van der Waals surface area contributed by atoms with Crippen LogP contribution in [0, 0.1) is 27.3 Å². The van der Waals surface area contributed by atoms with Gasteiger partial charge < -0.3 is 15.0 Å². The molecule has 1 atom stereocenters. The summed E-state index contributed by atoms with van der Waals surface area (Å²) in [6.07, 6.45) is 5.91. The highest BCUT2D eigenvalue weighted by molar-refractivity contribution is 6.31. The lowest BCUT2D eigenvalue weighted by Crippen LogP contribution is -2.32. The van der Waals surface area contributed by atoms with Gasteiger partial charge in [-0.15, -0.1) is 0 Å². The first-order chi connectivity index (χ1) is 16.3. The lowest BCUT2D eigenvalue weighted by Gasteiger charge is -2.30. The van der Waals surface area contributed by atoms with Gasteiger partial charge in [0.2, 0.25) is 0 Å². The topological polar surface area (TPSA) is 93.4 Å². The molecule has 2 aliphatic rings. The van der Waals surface area contributed by atoms with Crippen LogP contribution in [0.25, 0.3) is 10.9 Å². The fraction of sp³-hybridized carbons (Fsp3) is 0.417. The predicted octanol–water partition coefficient (Wildman–Crippen LogP) is 5.57. The number of hydrogen-bond acceptors (Lipinski definition) is 7. The lowest BCUT2D eigenvalue weighted by atomic mass is 9.90. The second-order valence-corrected chi connectivity index (χ2v) is 9.68. The van der Waals surface area contributed by atoms with Crippen molar-refractivity contribution in [1.29, 1.82) is 0 Å². The van der Waals surface area contributed by atoms with Gasteiger partial charge in [-0.05, 0) is 75.4 Å². The number of ether oxygens (including phenoxy) is 1. The highest BCUT2D eigenvalue weighted by Crippen LogP contribution is 2.60. The second kappa shape index (κ2) is 8.96. The van der Waals surface area contributed by atoms with Gasteiger partial charge in [0.05, 0.1) is 27.5 Å². The number of rotatable bonds is 7. The number of benzene rings is 2. The number of fused-ring (bicyclic) bond motifs is 1. The zero-order chi connectivity index (χ0) is 23.9. The fourth-order valence-corrected chi connectivity index (χ4v) is 5.15. The summed E-state index contributed by atoms with van der Waals surface area (Å²) in [4.78, 5) is 22.2. The van der Waals surface area contributed by atoms with Gasteiger partial charge in [0.25, 0.3) is 0 Å². The fourth-order valence-electron chi connectivity index (χ4n) is 4.97. The molecule has 1 N–H and O–H groups in total. The van der Waals surface area contributed by atoms with Crippen molar-refractivity contribution in [3.63, 3.8) is 0 Å². The Bertz CT molecular complexity index is 1250. The van der Waals surface area contributed by atoms with Crippen LogP contribution in [-0.4, -0.2) is 46.5 Å². The van der Waals surface area contributed by atoms with E-state index in [0.29, 0.717) is 40.3 Å². The molecular weight excluding hydrogens is 461 g/mol. The van der Waals surface area contributed by atoms with E-state index in [-0.39, 0.29) is 16.5 Å². The summed E-state index contributed by atoms with van der Waals surface area (Å²) >= 11 is 5.86. The van der Waals surface area contributed by atoms with Crippen molar-refractivity contribution < 1.29 is 14.1 Å². The van der Waals surface area contributed by atoms with Crippen LogP contribution in [0.3, 0.4) is 0 Å². The Balaban J connectivity index is 1.33. The molecule has 10 heteroatoms. The van der Waals surface area contributed by atoms with Crippen LogP contribution in [0.5, 0.6) is 5.75 Å². The molecule has 1 aliphatic heterocycles. The van der Waals surface area contributed by atoms with E-state index in [2.05, 4.69) is 27.2 Å². The van der Waals surface area contributed by atoms with E-state index in [1.807, 2.05) is 0 Å². The minimum Gasteiger partial charge on any atom is -0.487 e. The van der Waals surface area contributed by atoms with Gasteiger partial charge in [-0.1, -0.05) is 11.6 Å². The summed E-state index contributed by atoms with van der Waals surface area (Å²) in [5, 5.41) is 15.2. The van der Waals surface area contributed by atoms with E-state index in [9.17, 15) is 14.5 Å². The molecule has 1 saturated carbocycles. The molecular formula is C24H25ClFN5O3. The monoisotopic (exact) mass is 485 g/mol. The van der Waals surface area contributed by atoms with Crippen molar-refractivity contribution in [2.24, 2.45) is 11.3 Å². The van der Waals surface area contributed by atoms with E-state index < -0.39 is 10.7 Å². The summed E-state index contributed by atoms with van der Waals surface area (Å²) in [5.74, 6) is 0.640. The molecule has 0 radical (unpaired) electrons. The van der Waals surface area contributed by atoms with Gasteiger partial charge in [0, 0.05) is 17.8 Å². The van der Waals surface area contributed by atoms with Crippen molar-refractivity contribution in [3.05, 3.63) is 57.6 Å². The number of nitro benzene ring substituents is 1. The molecule has 1 aromatic heterocycles. The van der Waals surface area contributed by atoms with E-state index in [0.717, 1.165) is 19.5 Å². The molecule has 3 aromatic rings. The highest BCUT2D eigenvalue weighted by Gasteiger charge is 2.53. The van der Waals surface area contributed by atoms with Gasteiger partial charge in [-0.2, -0.15) is 0 Å². The SMILES string of the molecule is CN1CCC2(CC1)CC2CCOc1cc2ncnc(Nc3ccc(F)c(Cl)c3)c2cc1[N+](=O)[O-]. The Kier molecular flexibility index (Phi) is 5.99. The summed E-state index contributed by atoms with van der Waals surface area (Å²) in [7, 11) is 2.16. The molecule has 178 valence electrons. The van der Waals surface area contributed by atoms with Crippen LogP contribution in [0.4, 0.5) is 21.6 Å². The highest BCUT2D eigenvalue weighted by atomic mass is 35.5. The Labute approximate surface area is 201 Å². The molecule has 34 heavy (non-hydrogen) atoms. The Morgan fingerprint density at radius 1 is 1.29 bits per heavy atom. The normalized spacial score (nSPS) is 19.3. The Morgan fingerprint density at radius 2 is 2.09 bits per heavy atom. The van der Waals surface area contributed by atoms with Gasteiger partial charge in [-0.25, -0.2) is 14.4 Å². The molecule has 1 saturated heterocycles. The van der Waals surface area contributed by atoms with Crippen molar-refractivity contribution >= 4 is 39.7 Å². The Hall–Kier alpha value is -3.04. The van der Waals surface area contributed by atoms with Gasteiger partial charge in [0.15, 0.2) is 5.75 Å². The number of halogens is 2. The molecule has 2 heterocycles. The minimum atomic E-state index is -0.537. The van der Waals surface area contributed by atoms with Crippen LogP contribution in [0.2, 0.25) is 5.02 Å². The summed E-state index contributed by atoms with van der Waals surface area (Å²) < 4.78 is 19.4. The van der Waals surface area contributed by atoms with Crippen LogP contribution in [-0.2, 0) is 0 Å². The number of aromatic nitrogens is 2. The zero-order valence-electron chi connectivity index (χ0n) is 18.8. The summed E-state index contributed by atoms with van der Waals surface area (Å²) in [6, 6.07) is 7.16. The summed E-state index contributed by atoms with van der Waals surface area (Å²) in [6.45, 7) is 2.69. The molecule has 2 aromatic carbocycles. The van der Waals surface area contributed by atoms with Crippen molar-refractivity contribution in [1.82, 2.24) is 14.9 Å². The van der Waals surface area contributed by atoms with Crippen molar-refractivity contribution in [3.8, 4) is 5.75 Å². The van der Waals surface area contributed by atoms with Crippen LogP contribution >= 0.6 is 11.6 Å². The third kappa shape index (κ3) is 4.50. The number of nitro groups is 1. The predicted molar refractivity (Wildman–Crippen MR) is 128 cm³/mol. The van der Waals surface area contributed by atoms with Crippen molar-refractivity contribution in [2.45, 2.75) is 25.7 Å². The number of nitrogens with one attached hydrogen (secondary N) is 1. The van der Waals surface area contributed by atoms with Crippen LogP contribution in [0.15, 0.2) is 36.7 Å². The van der Waals surface area contributed by atoms with E-state index in [1.54, 1.807) is 6.07 Å². The van der Waals surface area contributed by atoms with Crippen LogP contribution < -0.4 is 10.1 Å². The molecule has 5 rings (SSSR count). The minimum absolute atomic E-state index is 0.0391. The smallest absolute Gasteiger partial charge is 0.311 e. The van der Waals surface area contributed by atoms with E-state index in [1.165, 1.54) is 49.9 Å². The zero-order valence-corrected chi connectivity index (χ0v) is 19.5. The van der Waals surface area contributed by atoms with Crippen molar-refractivity contribution in [2.75, 3.05) is 32.1 Å². The largest absolute Gasteiger partial charge is 0.487 e. The number of nitrogens with zero attached hydrogens (tertiary/aromatic N) is 4. The molecule has 1 aliphatic carbocycles. The van der Waals surface area contributed by atoms with Crippen LogP contribution in [0.1, 0.15) is 25.7 Å². The lowest BCUT2D eigenvalue weighted by molar-refractivity contribution is -0.385. The number of piperidine rings is 1. The average molecular weight is 486 g/mol. The molecule has 8 nitrogen and oxygen atoms in total. The molecule has 0 bridgehead atoms. The molecule has 1 unspecified atom stereocenters. The van der Waals surface area contributed by atoms with Gasteiger partial charge in [0.1, 0.15) is 18.0 Å². The third-order valence-corrected chi connectivity index (χ3v) is 7.45. The van der Waals surface area contributed by atoms with E-state index >= 15 is 0 Å². The Morgan fingerprint density at radius 3 is 2.82 bits per heavy atom. The second-order valence-electron chi connectivity index (χ2n) is 9.27. The number of likely N-dealkylation sites (tertiary alicyclic amines) is 1. The first-order valence-electron chi connectivity index (χ1n) is 11.3. The number of hydrogen-bond donors (Lipinski definition) is 1. The third-order valence-electron chi connectivity index (χ3n) is 7.16. The number of anilines is 2. The standard InChI is InChI=1S/C24H25ClFN5O3/c1-30-7-5-24(6-8-30)13-15(24)4-9-34-22-12-20-17(11-21(22)31(32)33)23(28-14-27-20)29-16-2-3-19(26)18(25)10-16/h2-3,10-12,14-15H,4-9,13H2,1H3,(H,27,28,29). The van der Waals surface area contributed by atoms with E-state index in [4.69, 9.17) is 16.3 Å². The average Bonchev–Trinajstić information content (AvgIpc) is 3.49. The van der Waals surface area contributed by atoms with Gasteiger partial charge >= 0.3 is 5.69 Å². The quantitative estimate of drug-likeness (QED) is 0.345. The summed E-state index contributed by atoms with van der Waals surface area (Å²) in [5.41, 5.74) is 1.31.